The summed E-state index contributed by atoms with van der Waals surface area (Å²) in [5.74, 6) is 0.980. The molecule has 0 atom stereocenters. The topological polar surface area (TPSA) is 21.7 Å². The van der Waals surface area contributed by atoms with Gasteiger partial charge < -0.3 is 14.4 Å². The van der Waals surface area contributed by atoms with Gasteiger partial charge in [0.2, 0.25) is 0 Å². The van der Waals surface area contributed by atoms with Crippen molar-refractivity contribution in [2.45, 2.75) is 39.0 Å². The molecule has 0 unspecified atom stereocenters. The van der Waals surface area contributed by atoms with Crippen LogP contribution in [0.5, 0.6) is 5.75 Å². The molecule has 0 bridgehead atoms. The number of hydrogen-bond donors (Lipinski definition) is 0. The van der Waals surface area contributed by atoms with E-state index in [1.807, 2.05) is 12.1 Å². The fourth-order valence-electron chi connectivity index (χ4n) is 2.72. The molecule has 21 heavy (non-hydrogen) atoms. The molecule has 1 aromatic rings. The van der Waals surface area contributed by atoms with Gasteiger partial charge >= 0.3 is 0 Å². The van der Waals surface area contributed by atoms with E-state index in [2.05, 4.69) is 37.8 Å². The molecular weight excluding hydrogens is 262 g/mol. The van der Waals surface area contributed by atoms with E-state index in [0.717, 1.165) is 18.9 Å². The van der Waals surface area contributed by atoms with E-state index in [1.165, 1.54) is 31.5 Å². The normalized spacial score (nSPS) is 16.3. The maximum Gasteiger partial charge on any atom is 0.123 e. The summed E-state index contributed by atoms with van der Waals surface area (Å²) in [5.41, 5.74) is 1.36. The van der Waals surface area contributed by atoms with Crippen LogP contribution in [0.2, 0.25) is 0 Å². The van der Waals surface area contributed by atoms with E-state index >= 15 is 0 Å². The highest BCUT2D eigenvalue weighted by Crippen LogP contribution is 2.30. The lowest BCUT2D eigenvalue weighted by Crippen LogP contribution is -2.24. The first kappa shape index (κ1) is 16.3. The van der Waals surface area contributed by atoms with Crippen LogP contribution in [0.15, 0.2) is 24.3 Å². The zero-order valence-electron chi connectivity index (χ0n) is 13.7. The molecule has 3 heteroatoms. The Hall–Kier alpha value is -1.06. The minimum Gasteiger partial charge on any atom is -0.491 e. The molecule has 2 rings (SSSR count). The average Bonchev–Trinajstić information content (AvgIpc) is 2.95. The molecule has 0 aromatic heterocycles. The molecule has 118 valence electrons. The van der Waals surface area contributed by atoms with Gasteiger partial charge in [0.05, 0.1) is 13.2 Å². The zero-order chi connectivity index (χ0) is 15.1. The molecule has 0 radical (unpaired) electrons. The second-order valence-electron chi connectivity index (χ2n) is 6.76. The predicted octanol–water partition coefficient (Wildman–Crippen LogP) is 3.48. The highest BCUT2D eigenvalue weighted by atomic mass is 16.5. The van der Waals surface area contributed by atoms with E-state index in [0.29, 0.717) is 13.2 Å². The van der Waals surface area contributed by atoms with Crippen LogP contribution in [0.25, 0.3) is 0 Å². The average molecular weight is 291 g/mol. The Balaban J connectivity index is 1.66. The van der Waals surface area contributed by atoms with Crippen LogP contribution in [0.4, 0.5) is 0 Å². The maximum atomic E-state index is 5.90. The van der Waals surface area contributed by atoms with Gasteiger partial charge in [0, 0.05) is 6.54 Å². The lowest BCUT2D eigenvalue weighted by Gasteiger charge is -2.22. The van der Waals surface area contributed by atoms with Gasteiger partial charge in [-0.3, -0.25) is 0 Å². The Bertz CT molecular complexity index is 419. The summed E-state index contributed by atoms with van der Waals surface area (Å²) in [5, 5.41) is 0. The largest absolute Gasteiger partial charge is 0.491 e. The third-order valence-electron chi connectivity index (χ3n) is 3.93. The molecule has 1 fully saturated rings. The van der Waals surface area contributed by atoms with Crippen LogP contribution < -0.4 is 4.74 Å². The molecular formula is C18H29NO2. The Kier molecular flexibility index (Phi) is 6.07. The van der Waals surface area contributed by atoms with E-state index in [-0.39, 0.29) is 5.41 Å². The number of rotatable bonds is 7. The molecule has 1 aliphatic rings. The van der Waals surface area contributed by atoms with Crippen molar-refractivity contribution in [2.75, 3.05) is 39.5 Å². The smallest absolute Gasteiger partial charge is 0.123 e. The van der Waals surface area contributed by atoms with Crippen molar-refractivity contribution in [3.05, 3.63) is 29.8 Å². The molecule has 3 nitrogen and oxygen atoms in total. The SMILES string of the molecule is CC(C)(C)c1ccccc1OCCOCCN1CCCC1. The van der Waals surface area contributed by atoms with Crippen LogP contribution in [0, 0.1) is 0 Å². The van der Waals surface area contributed by atoms with Crippen molar-refractivity contribution in [1.82, 2.24) is 4.90 Å². The van der Waals surface area contributed by atoms with Gasteiger partial charge in [-0.15, -0.1) is 0 Å². The number of ether oxygens (including phenoxy) is 2. The lowest BCUT2D eigenvalue weighted by atomic mass is 9.86. The van der Waals surface area contributed by atoms with Gasteiger partial charge in [-0.1, -0.05) is 39.0 Å². The van der Waals surface area contributed by atoms with E-state index in [9.17, 15) is 0 Å². The Morgan fingerprint density at radius 1 is 1.00 bits per heavy atom. The fourth-order valence-corrected chi connectivity index (χ4v) is 2.72. The molecule has 1 aliphatic heterocycles. The van der Waals surface area contributed by atoms with E-state index < -0.39 is 0 Å². The lowest BCUT2D eigenvalue weighted by molar-refractivity contribution is 0.0841. The van der Waals surface area contributed by atoms with E-state index in [4.69, 9.17) is 9.47 Å². The van der Waals surface area contributed by atoms with Crippen LogP contribution in [0.1, 0.15) is 39.2 Å². The van der Waals surface area contributed by atoms with E-state index in [1.54, 1.807) is 0 Å². The number of para-hydroxylation sites is 1. The molecule has 1 aromatic carbocycles. The Labute approximate surface area is 129 Å². The maximum absolute atomic E-state index is 5.90. The first-order valence-corrected chi connectivity index (χ1v) is 8.10. The number of benzene rings is 1. The first-order valence-electron chi connectivity index (χ1n) is 8.10. The Morgan fingerprint density at radius 3 is 2.43 bits per heavy atom. The third-order valence-corrected chi connectivity index (χ3v) is 3.93. The molecule has 0 aliphatic carbocycles. The quantitative estimate of drug-likeness (QED) is 0.718. The standard InChI is InChI=1S/C18H29NO2/c1-18(2,3)16-8-4-5-9-17(16)21-15-14-20-13-12-19-10-6-7-11-19/h4-5,8-9H,6-7,10-15H2,1-3H3. The van der Waals surface area contributed by atoms with Crippen LogP contribution >= 0.6 is 0 Å². The molecule has 0 N–H and O–H groups in total. The van der Waals surface area contributed by atoms with Gasteiger partial charge in [0.15, 0.2) is 0 Å². The minimum absolute atomic E-state index is 0.104. The molecule has 1 saturated heterocycles. The Morgan fingerprint density at radius 2 is 1.71 bits per heavy atom. The molecule has 1 heterocycles. The van der Waals surface area contributed by atoms with Crippen molar-refractivity contribution in [1.29, 1.82) is 0 Å². The fraction of sp³-hybridized carbons (Fsp3) is 0.667. The van der Waals surface area contributed by atoms with Crippen molar-refractivity contribution < 1.29 is 9.47 Å². The monoisotopic (exact) mass is 291 g/mol. The summed E-state index contributed by atoms with van der Waals surface area (Å²) in [7, 11) is 0. The van der Waals surface area contributed by atoms with Crippen molar-refractivity contribution in [3.8, 4) is 5.75 Å². The molecule has 0 spiro atoms. The van der Waals surface area contributed by atoms with Crippen LogP contribution in [-0.4, -0.2) is 44.4 Å². The van der Waals surface area contributed by atoms with Gasteiger partial charge in [0.25, 0.3) is 0 Å². The third kappa shape index (κ3) is 5.33. The van der Waals surface area contributed by atoms with Crippen molar-refractivity contribution >= 4 is 0 Å². The summed E-state index contributed by atoms with van der Waals surface area (Å²) in [6.45, 7) is 12.2. The van der Waals surface area contributed by atoms with Gasteiger partial charge in [-0.05, 0) is 43.0 Å². The highest BCUT2D eigenvalue weighted by Gasteiger charge is 2.18. The van der Waals surface area contributed by atoms with Crippen LogP contribution in [0.3, 0.4) is 0 Å². The van der Waals surface area contributed by atoms with Gasteiger partial charge in [-0.2, -0.15) is 0 Å². The number of nitrogens with zero attached hydrogens (tertiary/aromatic N) is 1. The number of likely N-dealkylation sites (tertiary alicyclic amines) is 1. The summed E-state index contributed by atoms with van der Waals surface area (Å²) in [6, 6.07) is 8.28. The second-order valence-corrected chi connectivity index (χ2v) is 6.76. The zero-order valence-corrected chi connectivity index (χ0v) is 13.7. The number of hydrogen-bond acceptors (Lipinski definition) is 3. The van der Waals surface area contributed by atoms with Crippen molar-refractivity contribution in [3.63, 3.8) is 0 Å². The van der Waals surface area contributed by atoms with Gasteiger partial charge in [0.1, 0.15) is 12.4 Å². The summed E-state index contributed by atoms with van der Waals surface area (Å²) in [4.78, 5) is 2.47. The first-order chi connectivity index (χ1) is 10.1. The van der Waals surface area contributed by atoms with Crippen LogP contribution in [-0.2, 0) is 10.2 Å². The van der Waals surface area contributed by atoms with Gasteiger partial charge in [-0.25, -0.2) is 0 Å². The highest BCUT2D eigenvalue weighted by molar-refractivity contribution is 5.38. The minimum atomic E-state index is 0.104. The molecule has 0 amide bonds. The second kappa shape index (κ2) is 7.81. The summed E-state index contributed by atoms with van der Waals surface area (Å²) in [6.07, 6.45) is 2.68. The predicted molar refractivity (Wildman–Crippen MR) is 87.1 cm³/mol. The van der Waals surface area contributed by atoms with Crippen molar-refractivity contribution in [2.24, 2.45) is 0 Å². The summed E-state index contributed by atoms with van der Waals surface area (Å²) >= 11 is 0. The molecule has 0 saturated carbocycles. The summed E-state index contributed by atoms with van der Waals surface area (Å²) < 4.78 is 11.6.